The van der Waals surface area contributed by atoms with E-state index in [1.807, 2.05) is 0 Å². The fraction of sp³-hybridized carbons (Fsp3) is 0.333. The van der Waals surface area contributed by atoms with Crippen LogP contribution in [0.1, 0.15) is 17.3 Å². The molecular formula is C12H15ClN2O3. The number of ether oxygens (including phenoxy) is 1. The van der Waals surface area contributed by atoms with Crippen molar-refractivity contribution in [3.8, 4) is 0 Å². The van der Waals surface area contributed by atoms with Crippen molar-refractivity contribution >= 4 is 29.2 Å². The normalized spacial score (nSPS) is 9.94. The van der Waals surface area contributed by atoms with E-state index in [2.05, 4.69) is 0 Å². The molecule has 0 aliphatic carbocycles. The smallest absolute Gasteiger partial charge is 0.325 e. The Bertz CT molecular complexity index is 463. The second kappa shape index (κ2) is 6.26. The van der Waals surface area contributed by atoms with Crippen molar-refractivity contribution in [1.82, 2.24) is 4.90 Å². The molecule has 0 radical (unpaired) electrons. The summed E-state index contributed by atoms with van der Waals surface area (Å²) in [6, 6.07) is 4.79. The second-order valence-corrected chi connectivity index (χ2v) is 4.07. The first-order valence-corrected chi connectivity index (χ1v) is 5.80. The molecule has 0 bridgehead atoms. The Kier molecular flexibility index (Phi) is 4.97. The third-order valence-corrected chi connectivity index (χ3v) is 2.63. The number of likely N-dealkylation sites (N-methyl/N-ethyl adjacent to an activating group) is 1. The predicted molar refractivity (Wildman–Crippen MR) is 69.5 cm³/mol. The number of anilines is 1. The number of para-hydroxylation sites is 1. The van der Waals surface area contributed by atoms with Crippen molar-refractivity contribution in [3.63, 3.8) is 0 Å². The van der Waals surface area contributed by atoms with Gasteiger partial charge < -0.3 is 15.4 Å². The lowest BCUT2D eigenvalue weighted by molar-refractivity contribution is -0.143. The zero-order chi connectivity index (χ0) is 13.7. The Morgan fingerprint density at radius 1 is 1.44 bits per heavy atom. The molecule has 6 heteroatoms. The highest BCUT2D eigenvalue weighted by molar-refractivity contribution is 6.33. The summed E-state index contributed by atoms with van der Waals surface area (Å²) in [5.74, 6) is -0.836. The Balaban J connectivity index is 2.81. The van der Waals surface area contributed by atoms with E-state index in [0.29, 0.717) is 5.02 Å². The molecule has 0 aliphatic heterocycles. The van der Waals surface area contributed by atoms with E-state index in [1.54, 1.807) is 25.1 Å². The highest BCUT2D eigenvalue weighted by Gasteiger charge is 2.18. The minimum absolute atomic E-state index is 0.126. The van der Waals surface area contributed by atoms with Crippen LogP contribution in [0.15, 0.2) is 18.2 Å². The third kappa shape index (κ3) is 3.37. The molecule has 0 unspecified atom stereocenters. The van der Waals surface area contributed by atoms with Gasteiger partial charge >= 0.3 is 5.97 Å². The fourth-order valence-electron chi connectivity index (χ4n) is 1.40. The van der Waals surface area contributed by atoms with Crippen molar-refractivity contribution in [2.24, 2.45) is 0 Å². The van der Waals surface area contributed by atoms with Crippen LogP contribution in [-0.2, 0) is 9.53 Å². The van der Waals surface area contributed by atoms with Gasteiger partial charge in [-0.3, -0.25) is 9.59 Å². The number of nitrogens with two attached hydrogens (primary N) is 1. The topological polar surface area (TPSA) is 72.6 Å². The number of hydrogen-bond acceptors (Lipinski definition) is 4. The van der Waals surface area contributed by atoms with Crippen molar-refractivity contribution in [3.05, 3.63) is 28.8 Å². The lowest BCUT2D eigenvalue weighted by Gasteiger charge is -2.17. The number of halogens is 1. The molecule has 5 nitrogen and oxygen atoms in total. The number of rotatable bonds is 4. The summed E-state index contributed by atoms with van der Waals surface area (Å²) in [6.07, 6.45) is 0. The number of esters is 1. The molecule has 0 spiro atoms. The van der Waals surface area contributed by atoms with E-state index in [1.165, 1.54) is 11.9 Å². The molecule has 98 valence electrons. The van der Waals surface area contributed by atoms with Crippen LogP contribution in [0, 0.1) is 0 Å². The quantitative estimate of drug-likeness (QED) is 0.666. The summed E-state index contributed by atoms with van der Waals surface area (Å²) in [4.78, 5) is 24.5. The Morgan fingerprint density at radius 3 is 2.72 bits per heavy atom. The summed E-state index contributed by atoms with van der Waals surface area (Å²) >= 11 is 5.83. The second-order valence-electron chi connectivity index (χ2n) is 3.67. The molecule has 0 fully saturated rings. The molecular weight excluding hydrogens is 256 g/mol. The van der Waals surface area contributed by atoms with Gasteiger partial charge in [0.25, 0.3) is 5.91 Å². The highest BCUT2D eigenvalue weighted by atomic mass is 35.5. The van der Waals surface area contributed by atoms with E-state index in [-0.39, 0.29) is 30.3 Å². The molecule has 0 atom stereocenters. The maximum Gasteiger partial charge on any atom is 0.325 e. The summed E-state index contributed by atoms with van der Waals surface area (Å²) < 4.78 is 4.76. The Morgan fingerprint density at radius 2 is 2.11 bits per heavy atom. The average molecular weight is 271 g/mol. The molecule has 1 aromatic rings. The van der Waals surface area contributed by atoms with Gasteiger partial charge in [0.15, 0.2) is 0 Å². The number of amides is 1. The monoisotopic (exact) mass is 270 g/mol. The first-order chi connectivity index (χ1) is 8.47. The van der Waals surface area contributed by atoms with Crippen LogP contribution < -0.4 is 5.73 Å². The van der Waals surface area contributed by atoms with Crippen LogP contribution in [0.3, 0.4) is 0 Å². The van der Waals surface area contributed by atoms with E-state index in [4.69, 9.17) is 22.1 Å². The van der Waals surface area contributed by atoms with Crippen molar-refractivity contribution in [1.29, 1.82) is 0 Å². The van der Waals surface area contributed by atoms with Crippen LogP contribution in [0.5, 0.6) is 0 Å². The molecule has 0 aromatic heterocycles. The first-order valence-electron chi connectivity index (χ1n) is 5.42. The molecule has 0 aliphatic rings. The Hall–Kier alpha value is -1.75. The number of carbonyl (C=O) groups is 2. The number of hydrogen-bond donors (Lipinski definition) is 1. The molecule has 1 rings (SSSR count). The fourth-order valence-corrected chi connectivity index (χ4v) is 1.58. The lowest BCUT2D eigenvalue weighted by Crippen LogP contribution is -2.33. The third-order valence-electron chi connectivity index (χ3n) is 2.30. The van der Waals surface area contributed by atoms with Crippen LogP contribution in [0.2, 0.25) is 5.02 Å². The van der Waals surface area contributed by atoms with Crippen molar-refractivity contribution in [2.75, 3.05) is 25.9 Å². The van der Waals surface area contributed by atoms with Gasteiger partial charge in [-0.1, -0.05) is 17.7 Å². The number of benzene rings is 1. The van der Waals surface area contributed by atoms with Gasteiger partial charge in [-0.25, -0.2) is 0 Å². The van der Waals surface area contributed by atoms with E-state index >= 15 is 0 Å². The number of nitrogens with zero attached hydrogens (tertiary/aromatic N) is 1. The van der Waals surface area contributed by atoms with Gasteiger partial charge in [-0.15, -0.1) is 0 Å². The molecule has 0 saturated heterocycles. The lowest BCUT2D eigenvalue weighted by atomic mass is 10.1. The van der Waals surface area contributed by atoms with Gasteiger partial charge in [0, 0.05) is 7.05 Å². The average Bonchev–Trinajstić information content (AvgIpc) is 2.32. The SMILES string of the molecule is CCOC(=O)CN(C)C(=O)c1cccc(Cl)c1N. The molecule has 0 heterocycles. The minimum atomic E-state index is -0.464. The zero-order valence-electron chi connectivity index (χ0n) is 10.3. The molecule has 1 amide bonds. The maximum atomic E-state index is 12.0. The van der Waals surface area contributed by atoms with Crippen LogP contribution in [-0.4, -0.2) is 37.0 Å². The largest absolute Gasteiger partial charge is 0.465 e. The molecule has 18 heavy (non-hydrogen) atoms. The van der Waals surface area contributed by atoms with Crippen LogP contribution in [0.4, 0.5) is 5.69 Å². The number of carbonyl (C=O) groups excluding carboxylic acids is 2. The van der Waals surface area contributed by atoms with E-state index in [0.717, 1.165) is 0 Å². The first kappa shape index (κ1) is 14.3. The summed E-state index contributed by atoms with van der Waals surface area (Å²) in [5, 5.41) is 0.311. The molecule has 1 aromatic carbocycles. The number of nitrogen functional groups attached to an aromatic ring is 1. The zero-order valence-corrected chi connectivity index (χ0v) is 11.0. The van der Waals surface area contributed by atoms with Gasteiger partial charge in [0.05, 0.1) is 22.9 Å². The summed E-state index contributed by atoms with van der Waals surface area (Å²) in [5.41, 5.74) is 6.20. The van der Waals surface area contributed by atoms with E-state index < -0.39 is 5.97 Å². The van der Waals surface area contributed by atoms with Crippen molar-refractivity contribution in [2.45, 2.75) is 6.92 Å². The van der Waals surface area contributed by atoms with Crippen molar-refractivity contribution < 1.29 is 14.3 Å². The van der Waals surface area contributed by atoms with Gasteiger partial charge in [0.2, 0.25) is 0 Å². The van der Waals surface area contributed by atoms with Gasteiger partial charge in [-0.05, 0) is 19.1 Å². The minimum Gasteiger partial charge on any atom is -0.465 e. The predicted octanol–water partition coefficient (Wildman–Crippen LogP) is 1.56. The molecule has 0 saturated carbocycles. The van der Waals surface area contributed by atoms with Gasteiger partial charge in [0.1, 0.15) is 6.54 Å². The molecule has 2 N–H and O–H groups in total. The maximum absolute atomic E-state index is 12.0. The van der Waals surface area contributed by atoms with E-state index in [9.17, 15) is 9.59 Å². The summed E-state index contributed by atoms with van der Waals surface area (Å²) in [7, 11) is 1.50. The standard InChI is InChI=1S/C12H15ClN2O3/c1-3-18-10(16)7-15(2)12(17)8-5-4-6-9(13)11(8)14/h4-6H,3,7,14H2,1-2H3. The highest BCUT2D eigenvalue weighted by Crippen LogP contribution is 2.23. The van der Waals surface area contributed by atoms with Crippen LogP contribution >= 0.6 is 11.6 Å². The van der Waals surface area contributed by atoms with Gasteiger partial charge in [-0.2, -0.15) is 0 Å². The van der Waals surface area contributed by atoms with Crippen LogP contribution in [0.25, 0.3) is 0 Å². The summed E-state index contributed by atoms with van der Waals surface area (Å²) in [6.45, 7) is 1.85. The Labute approximate surface area is 110 Å².